The van der Waals surface area contributed by atoms with Gasteiger partial charge in [-0.3, -0.25) is 4.79 Å². The summed E-state index contributed by atoms with van der Waals surface area (Å²) < 4.78 is 0. The summed E-state index contributed by atoms with van der Waals surface area (Å²) in [5.41, 5.74) is 2.27. The quantitative estimate of drug-likeness (QED) is 0.627. The van der Waals surface area contributed by atoms with E-state index in [1.807, 2.05) is 0 Å². The minimum absolute atomic E-state index is 0.245. The van der Waals surface area contributed by atoms with Gasteiger partial charge in [0.1, 0.15) is 5.78 Å². The summed E-state index contributed by atoms with van der Waals surface area (Å²) in [6.45, 7) is 8.59. The highest BCUT2D eigenvalue weighted by Crippen LogP contribution is 2.38. The molecule has 0 atom stereocenters. The first-order chi connectivity index (χ1) is 9.12. The van der Waals surface area contributed by atoms with Crippen LogP contribution in [0.3, 0.4) is 0 Å². The summed E-state index contributed by atoms with van der Waals surface area (Å²) >= 11 is 0. The van der Waals surface area contributed by atoms with Gasteiger partial charge in [-0.05, 0) is 37.3 Å². The fourth-order valence-electron chi connectivity index (χ4n) is 3.25. The SMILES string of the molecule is CCCC(=O)C(CCC)(CCC)c1ccccc1C. The Hall–Kier alpha value is -1.11. The van der Waals surface area contributed by atoms with Crippen LogP contribution in [0.1, 0.15) is 70.4 Å². The van der Waals surface area contributed by atoms with E-state index in [4.69, 9.17) is 0 Å². The number of benzene rings is 1. The molecule has 0 aliphatic heterocycles. The summed E-state index contributed by atoms with van der Waals surface area (Å²) in [7, 11) is 0. The lowest BCUT2D eigenvalue weighted by Crippen LogP contribution is -2.36. The normalized spacial score (nSPS) is 11.6. The molecular weight excluding hydrogens is 232 g/mol. The smallest absolute Gasteiger partial charge is 0.143 e. The van der Waals surface area contributed by atoms with E-state index >= 15 is 0 Å². The number of hydrogen-bond donors (Lipinski definition) is 0. The van der Waals surface area contributed by atoms with Crippen LogP contribution in [0.5, 0.6) is 0 Å². The van der Waals surface area contributed by atoms with Crippen molar-refractivity contribution in [1.29, 1.82) is 0 Å². The zero-order valence-electron chi connectivity index (χ0n) is 13.0. The molecule has 0 aromatic heterocycles. The first-order valence-corrected chi connectivity index (χ1v) is 7.71. The molecule has 0 amide bonds. The Morgan fingerprint density at radius 2 is 1.58 bits per heavy atom. The van der Waals surface area contributed by atoms with Gasteiger partial charge in [-0.15, -0.1) is 0 Å². The van der Waals surface area contributed by atoms with Crippen molar-refractivity contribution in [3.05, 3.63) is 35.4 Å². The molecule has 0 saturated carbocycles. The second-order valence-electron chi connectivity index (χ2n) is 5.57. The third-order valence-electron chi connectivity index (χ3n) is 4.03. The first kappa shape index (κ1) is 15.9. The molecule has 0 aliphatic rings. The molecule has 0 aliphatic carbocycles. The summed E-state index contributed by atoms with van der Waals surface area (Å²) in [4.78, 5) is 12.8. The largest absolute Gasteiger partial charge is 0.299 e. The Kier molecular flexibility index (Phi) is 6.27. The van der Waals surface area contributed by atoms with E-state index in [1.54, 1.807) is 0 Å². The Labute approximate surface area is 118 Å². The van der Waals surface area contributed by atoms with E-state index in [9.17, 15) is 4.79 Å². The van der Waals surface area contributed by atoms with Crippen LogP contribution in [-0.4, -0.2) is 5.78 Å². The van der Waals surface area contributed by atoms with Gasteiger partial charge in [-0.2, -0.15) is 0 Å². The molecule has 1 rings (SSSR count). The van der Waals surface area contributed by atoms with Gasteiger partial charge in [0, 0.05) is 6.42 Å². The molecule has 0 heterocycles. The Balaban J connectivity index is 3.30. The molecule has 1 aromatic carbocycles. The number of aryl methyl sites for hydroxylation is 1. The molecule has 0 N–H and O–H groups in total. The molecule has 1 nitrogen and oxygen atoms in total. The Morgan fingerprint density at radius 1 is 1.00 bits per heavy atom. The fourth-order valence-corrected chi connectivity index (χ4v) is 3.25. The van der Waals surface area contributed by atoms with Crippen LogP contribution in [0.2, 0.25) is 0 Å². The van der Waals surface area contributed by atoms with Gasteiger partial charge in [0.15, 0.2) is 0 Å². The third kappa shape index (κ3) is 3.46. The molecule has 0 saturated heterocycles. The maximum Gasteiger partial charge on any atom is 0.143 e. The molecule has 1 heteroatoms. The lowest BCUT2D eigenvalue weighted by Gasteiger charge is -2.34. The van der Waals surface area contributed by atoms with E-state index in [2.05, 4.69) is 52.0 Å². The molecule has 0 bridgehead atoms. The van der Waals surface area contributed by atoms with Gasteiger partial charge in [-0.1, -0.05) is 57.9 Å². The number of rotatable bonds is 8. The minimum atomic E-state index is -0.245. The number of hydrogen-bond acceptors (Lipinski definition) is 1. The van der Waals surface area contributed by atoms with Crippen molar-refractivity contribution in [1.82, 2.24) is 0 Å². The topological polar surface area (TPSA) is 17.1 Å². The molecule has 0 radical (unpaired) electrons. The molecular formula is C18H28O. The highest BCUT2D eigenvalue weighted by Gasteiger charge is 2.38. The van der Waals surface area contributed by atoms with E-state index in [-0.39, 0.29) is 5.41 Å². The van der Waals surface area contributed by atoms with Crippen molar-refractivity contribution in [2.45, 2.75) is 71.6 Å². The van der Waals surface area contributed by atoms with Gasteiger partial charge in [0.05, 0.1) is 5.41 Å². The van der Waals surface area contributed by atoms with Crippen LogP contribution in [0.25, 0.3) is 0 Å². The van der Waals surface area contributed by atoms with Gasteiger partial charge in [0.2, 0.25) is 0 Å². The number of carbonyl (C=O) groups excluding carboxylic acids is 1. The number of Topliss-reactive ketones (excluding diaryl/α,β-unsaturated/α-hetero) is 1. The van der Waals surface area contributed by atoms with Gasteiger partial charge in [0.25, 0.3) is 0 Å². The second-order valence-corrected chi connectivity index (χ2v) is 5.57. The average Bonchev–Trinajstić information content (AvgIpc) is 2.39. The zero-order chi connectivity index (χ0) is 14.3. The van der Waals surface area contributed by atoms with E-state index in [0.29, 0.717) is 12.2 Å². The van der Waals surface area contributed by atoms with Crippen molar-refractivity contribution in [2.75, 3.05) is 0 Å². The highest BCUT2D eigenvalue weighted by molar-refractivity contribution is 5.90. The van der Waals surface area contributed by atoms with Gasteiger partial charge >= 0.3 is 0 Å². The third-order valence-corrected chi connectivity index (χ3v) is 4.03. The van der Waals surface area contributed by atoms with Gasteiger partial charge < -0.3 is 0 Å². The maximum atomic E-state index is 12.8. The molecule has 106 valence electrons. The van der Waals surface area contributed by atoms with Crippen molar-refractivity contribution in [3.8, 4) is 0 Å². The Morgan fingerprint density at radius 3 is 2.05 bits per heavy atom. The molecule has 19 heavy (non-hydrogen) atoms. The van der Waals surface area contributed by atoms with Crippen LogP contribution >= 0.6 is 0 Å². The Bertz CT molecular complexity index is 400. The summed E-state index contributed by atoms with van der Waals surface area (Å²) in [5.74, 6) is 0.438. The second kappa shape index (κ2) is 7.47. The van der Waals surface area contributed by atoms with E-state index < -0.39 is 0 Å². The van der Waals surface area contributed by atoms with Crippen molar-refractivity contribution in [3.63, 3.8) is 0 Å². The van der Waals surface area contributed by atoms with Crippen LogP contribution in [0, 0.1) is 6.92 Å². The van der Waals surface area contributed by atoms with Crippen molar-refractivity contribution < 1.29 is 4.79 Å². The molecule has 1 aromatic rings. The van der Waals surface area contributed by atoms with Gasteiger partial charge in [-0.25, -0.2) is 0 Å². The minimum Gasteiger partial charge on any atom is -0.299 e. The standard InChI is InChI=1S/C18H28O/c1-5-10-17(19)18(13-6-2,14-7-3)16-12-9-8-11-15(16)4/h8-9,11-12H,5-7,10,13-14H2,1-4H3. The zero-order valence-corrected chi connectivity index (χ0v) is 13.0. The molecule has 0 fully saturated rings. The monoisotopic (exact) mass is 260 g/mol. The lowest BCUT2D eigenvalue weighted by atomic mass is 9.68. The lowest BCUT2D eigenvalue weighted by molar-refractivity contribution is -0.125. The van der Waals surface area contributed by atoms with Crippen molar-refractivity contribution in [2.24, 2.45) is 0 Å². The van der Waals surface area contributed by atoms with Crippen molar-refractivity contribution >= 4 is 5.78 Å². The summed E-state index contributed by atoms with van der Waals surface area (Å²) in [6, 6.07) is 8.43. The van der Waals surface area contributed by atoms with Crippen LogP contribution < -0.4 is 0 Å². The number of ketones is 1. The van der Waals surface area contributed by atoms with E-state index in [0.717, 1.165) is 32.1 Å². The first-order valence-electron chi connectivity index (χ1n) is 7.71. The summed E-state index contributed by atoms with van der Waals surface area (Å²) in [6.07, 6.45) is 5.72. The molecule has 0 spiro atoms. The van der Waals surface area contributed by atoms with E-state index in [1.165, 1.54) is 11.1 Å². The van der Waals surface area contributed by atoms with Crippen LogP contribution in [0.4, 0.5) is 0 Å². The number of carbonyl (C=O) groups is 1. The van der Waals surface area contributed by atoms with Crippen LogP contribution in [-0.2, 0) is 10.2 Å². The summed E-state index contributed by atoms with van der Waals surface area (Å²) in [5, 5.41) is 0. The molecule has 0 unspecified atom stereocenters. The maximum absolute atomic E-state index is 12.8. The highest BCUT2D eigenvalue weighted by atomic mass is 16.1. The van der Waals surface area contributed by atoms with Crippen LogP contribution in [0.15, 0.2) is 24.3 Å². The predicted octanol–water partition coefficient (Wildman–Crippen LogP) is 5.20. The fraction of sp³-hybridized carbons (Fsp3) is 0.611. The predicted molar refractivity (Wildman–Crippen MR) is 82.6 cm³/mol. The average molecular weight is 260 g/mol.